The van der Waals surface area contributed by atoms with Crippen molar-refractivity contribution >= 4 is 10.9 Å². The smallest absolute Gasteiger partial charge is 0.417 e. The lowest BCUT2D eigenvalue weighted by Crippen LogP contribution is -2.07. The van der Waals surface area contributed by atoms with Gasteiger partial charge in [0.1, 0.15) is 5.75 Å². The van der Waals surface area contributed by atoms with E-state index in [1.165, 1.54) is 19.2 Å². The van der Waals surface area contributed by atoms with E-state index in [9.17, 15) is 13.2 Å². The summed E-state index contributed by atoms with van der Waals surface area (Å²) in [5, 5.41) is 0.00750. The number of halogens is 3. The van der Waals surface area contributed by atoms with Crippen LogP contribution in [-0.2, 0) is 6.18 Å². The number of alkyl halides is 3. The molecule has 0 atom stereocenters. The third kappa shape index (κ3) is 2.05. The molecular weight excluding hydrogens is 231 g/mol. The lowest BCUT2D eigenvalue weighted by atomic mass is 10.1. The molecular formula is C12H10F3NO. The zero-order valence-corrected chi connectivity index (χ0v) is 9.30. The number of fused-ring (bicyclic) bond motifs is 1. The van der Waals surface area contributed by atoms with Crippen molar-refractivity contribution in [1.29, 1.82) is 0 Å². The van der Waals surface area contributed by atoms with Gasteiger partial charge in [0, 0.05) is 11.8 Å². The molecule has 2 rings (SSSR count). The molecule has 0 amide bonds. The fourth-order valence-electron chi connectivity index (χ4n) is 1.77. The largest absolute Gasteiger partial charge is 0.496 e. The second kappa shape index (κ2) is 3.91. The van der Waals surface area contributed by atoms with Gasteiger partial charge in [0.15, 0.2) is 0 Å². The van der Waals surface area contributed by atoms with E-state index in [2.05, 4.69) is 4.98 Å². The lowest BCUT2D eigenvalue weighted by molar-refractivity contribution is -0.136. The molecule has 5 heteroatoms. The van der Waals surface area contributed by atoms with Crippen molar-refractivity contribution in [2.24, 2.45) is 0 Å². The van der Waals surface area contributed by atoms with Gasteiger partial charge in [-0.3, -0.25) is 4.98 Å². The highest BCUT2D eigenvalue weighted by Crippen LogP contribution is 2.38. The number of methoxy groups -OCH3 is 1. The minimum atomic E-state index is -4.41. The summed E-state index contributed by atoms with van der Waals surface area (Å²) in [5.41, 5.74) is 0.185. The van der Waals surface area contributed by atoms with Crippen LogP contribution in [0.2, 0.25) is 0 Å². The Hall–Kier alpha value is -1.78. The number of hydrogen-bond donors (Lipinski definition) is 0. The normalized spacial score (nSPS) is 11.8. The van der Waals surface area contributed by atoms with Gasteiger partial charge in [-0.25, -0.2) is 0 Å². The standard InChI is InChI=1S/C12H10F3NO/c1-7-6-10(17-2)11-8(12(13,14)15)4-3-5-9(11)16-7/h3-6H,1-2H3. The van der Waals surface area contributed by atoms with Gasteiger partial charge in [-0.05, 0) is 19.1 Å². The second-order valence-corrected chi connectivity index (χ2v) is 3.66. The molecule has 0 unspecified atom stereocenters. The van der Waals surface area contributed by atoms with Crippen molar-refractivity contribution in [3.63, 3.8) is 0 Å². The zero-order chi connectivity index (χ0) is 12.6. The van der Waals surface area contributed by atoms with Gasteiger partial charge in [-0.2, -0.15) is 13.2 Å². The van der Waals surface area contributed by atoms with E-state index in [-0.39, 0.29) is 16.7 Å². The molecule has 0 spiro atoms. The van der Waals surface area contributed by atoms with E-state index in [0.29, 0.717) is 5.69 Å². The first kappa shape index (κ1) is 11.7. The SMILES string of the molecule is COc1cc(C)nc2cccc(C(F)(F)F)c12. The van der Waals surface area contributed by atoms with Crippen LogP contribution in [0.4, 0.5) is 13.2 Å². The Morgan fingerprint density at radius 1 is 1.24 bits per heavy atom. The molecule has 1 aromatic carbocycles. The third-order valence-corrected chi connectivity index (χ3v) is 2.45. The second-order valence-electron chi connectivity index (χ2n) is 3.66. The Labute approximate surface area is 96.0 Å². The van der Waals surface area contributed by atoms with E-state index >= 15 is 0 Å². The van der Waals surface area contributed by atoms with E-state index in [0.717, 1.165) is 6.07 Å². The van der Waals surface area contributed by atoms with Crippen LogP contribution < -0.4 is 4.74 Å². The first-order chi connectivity index (χ1) is 7.93. The van der Waals surface area contributed by atoms with Crippen LogP contribution in [0.3, 0.4) is 0 Å². The first-order valence-electron chi connectivity index (χ1n) is 4.95. The van der Waals surface area contributed by atoms with E-state index in [1.807, 2.05) is 0 Å². The molecule has 0 saturated heterocycles. The maximum Gasteiger partial charge on any atom is 0.417 e. The zero-order valence-electron chi connectivity index (χ0n) is 9.30. The molecule has 0 bridgehead atoms. The van der Waals surface area contributed by atoms with Crippen LogP contribution >= 0.6 is 0 Å². The lowest BCUT2D eigenvalue weighted by Gasteiger charge is -2.13. The molecule has 0 saturated carbocycles. The first-order valence-corrected chi connectivity index (χ1v) is 4.95. The maximum atomic E-state index is 12.9. The predicted octanol–water partition coefficient (Wildman–Crippen LogP) is 3.57. The van der Waals surface area contributed by atoms with Crippen LogP contribution in [0, 0.1) is 6.92 Å². The number of benzene rings is 1. The number of pyridine rings is 1. The summed E-state index contributed by atoms with van der Waals surface area (Å²) in [6.45, 7) is 1.71. The highest BCUT2D eigenvalue weighted by molar-refractivity contribution is 5.89. The molecule has 2 nitrogen and oxygen atoms in total. The topological polar surface area (TPSA) is 22.1 Å². The van der Waals surface area contributed by atoms with Crippen LogP contribution in [0.25, 0.3) is 10.9 Å². The molecule has 0 aliphatic carbocycles. The number of hydrogen-bond acceptors (Lipinski definition) is 2. The summed E-state index contributed by atoms with van der Waals surface area (Å²) in [4.78, 5) is 4.08. The number of rotatable bonds is 1. The summed E-state index contributed by atoms with van der Waals surface area (Å²) in [6, 6.07) is 5.41. The van der Waals surface area contributed by atoms with Gasteiger partial charge >= 0.3 is 6.18 Å². The molecule has 1 heterocycles. The van der Waals surface area contributed by atoms with E-state index < -0.39 is 11.7 Å². The summed E-state index contributed by atoms with van der Waals surface area (Å²) in [5.74, 6) is 0.195. The van der Waals surface area contributed by atoms with Crippen molar-refractivity contribution in [2.45, 2.75) is 13.1 Å². The van der Waals surface area contributed by atoms with Crippen molar-refractivity contribution in [1.82, 2.24) is 4.98 Å². The molecule has 0 fully saturated rings. The molecule has 1 aromatic heterocycles. The van der Waals surface area contributed by atoms with E-state index in [4.69, 9.17) is 4.74 Å². The van der Waals surface area contributed by atoms with Gasteiger partial charge in [0.05, 0.1) is 23.6 Å². The number of nitrogens with zero attached hydrogens (tertiary/aromatic N) is 1. The summed E-state index contributed by atoms with van der Waals surface area (Å²) >= 11 is 0. The number of aromatic nitrogens is 1. The van der Waals surface area contributed by atoms with Crippen LogP contribution in [-0.4, -0.2) is 12.1 Å². The quantitative estimate of drug-likeness (QED) is 0.761. The minimum Gasteiger partial charge on any atom is -0.496 e. The fourth-order valence-corrected chi connectivity index (χ4v) is 1.77. The van der Waals surface area contributed by atoms with Crippen molar-refractivity contribution in [3.05, 3.63) is 35.5 Å². The molecule has 0 aliphatic rings. The summed E-state index contributed by atoms with van der Waals surface area (Å²) in [7, 11) is 1.35. The van der Waals surface area contributed by atoms with Crippen molar-refractivity contribution in [2.75, 3.05) is 7.11 Å². The molecule has 0 aliphatic heterocycles. The van der Waals surface area contributed by atoms with Gasteiger partial charge in [-0.15, -0.1) is 0 Å². The average molecular weight is 241 g/mol. The summed E-state index contributed by atoms with van der Waals surface area (Å²) in [6.07, 6.45) is -4.41. The molecule has 0 N–H and O–H groups in total. The Kier molecular flexibility index (Phi) is 2.69. The van der Waals surface area contributed by atoms with Gasteiger partial charge in [0.25, 0.3) is 0 Å². The monoisotopic (exact) mass is 241 g/mol. The minimum absolute atomic E-state index is 0.00750. The Bertz CT molecular complexity index is 563. The van der Waals surface area contributed by atoms with Gasteiger partial charge < -0.3 is 4.74 Å². The van der Waals surface area contributed by atoms with Crippen LogP contribution in [0.1, 0.15) is 11.3 Å². The number of aryl methyl sites for hydroxylation is 1. The molecule has 90 valence electrons. The Balaban J connectivity index is 2.87. The van der Waals surface area contributed by atoms with E-state index in [1.54, 1.807) is 13.0 Å². The Morgan fingerprint density at radius 3 is 2.53 bits per heavy atom. The predicted molar refractivity (Wildman–Crippen MR) is 58.0 cm³/mol. The average Bonchev–Trinajstić information content (AvgIpc) is 2.25. The molecule has 2 aromatic rings. The van der Waals surface area contributed by atoms with Crippen LogP contribution in [0.15, 0.2) is 24.3 Å². The fraction of sp³-hybridized carbons (Fsp3) is 0.250. The molecule has 17 heavy (non-hydrogen) atoms. The van der Waals surface area contributed by atoms with Crippen molar-refractivity contribution < 1.29 is 17.9 Å². The number of ether oxygens (including phenoxy) is 1. The van der Waals surface area contributed by atoms with Gasteiger partial charge in [-0.1, -0.05) is 6.07 Å². The van der Waals surface area contributed by atoms with Gasteiger partial charge in [0.2, 0.25) is 0 Å². The molecule has 0 radical (unpaired) electrons. The third-order valence-electron chi connectivity index (χ3n) is 2.45. The van der Waals surface area contributed by atoms with Crippen LogP contribution in [0.5, 0.6) is 5.75 Å². The van der Waals surface area contributed by atoms with Crippen molar-refractivity contribution in [3.8, 4) is 5.75 Å². The maximum absolute atomic E-state index is 12.9. The highest BCUT2D eigenvalue weighted by atomic mass is 19.4. The Morgan fingerprint density at radius 2 is 1.94 bits per heavy atom. The summed E-state index contributed by atoms with van der Waals surface area (Å²) < 4.78 is 43.6. The highest BCUT2D eigenvalue weighted by Gasteiger charge is 2.33.